The van der Waals surface area contributed by atoms with Crippen molar-refractivity contribution >= 4 is 30.7 Å². The summed E-state index contributed by atoms with van der Waals surface area (Å²) in [7, 11) is 3.29. The van der Waals surface area contributed by atoms with Crippen LogP contribution >= 0.6 is 24.8 Å². The molecule has 2 rings (SSSR count). The molecule has 0 aliphatic rings. The number of hydrogen-bond acceptors (Lipinski definition) is 5. The number of aromatic nitrogens is 1. The van der Waals surface area contributed by atoms with E-state index in [9.17, 15) is 4.79 Å². The Morgan fingerprint density at radius 2 is 1.73 bits per heavy atom. The summed E-state index contributed by atoms with van der Waals surface area (Å²) in [6.07, 6.45) is 3.31. The van der Waals surface area contributed by atoms with E-state index in [1.54, 1.807) is 26.6 Å². The first kappa shape index (κ1) is 24.1. The molecule has 8 heteroatoms. The van der Waals surface area contributed by atoms with Crippen LogP contribution in [0.4, 0.5) is 0 Å². The maximum absolute atomic E-state index is 12.2. The Labute approximate surface area is 166 Å². The van der Waals surface area contributed by atoms with Crippen LogP contribution in [0.5, 0.6) is 5.75 Å². The fourth-order valence-electron chi connectivity index (χ4n) is 2.17. The van der Waals surface area contributed by atoms with Gasteiger partial charge in [0.25, 0.3) is 5.91 Å². The van der Waals surface area contributed by atoms with Crippen LogP contribution in [0, 0.1) is 0 Å². The summed E-state index contributed by atoms with van der Waals surface area (Å²) in [5.41, 5.74) is 2.42. The highest BCUT2D eigenvalue weighted by Gasteiger charge is 2.07. The van der Waals surface area contributed by atoms with Gasteiger partial charge in [-0.3, -0.25) is 9.78 Å². The monoisotopic (exact) mass is 401 g/mol. The van der Waals surface area contributed by atoms with Gasteiger partial charge in [-0.1, -0.05) is 12.1 Å². The van der Waals surface area contributed by atoms with Crippen LogP contribution in [0.3, 0.4) is 0 Å². The van der Waals surface area contributed by atoms with Crippen molar-refractivity contribution in [2.75, 3.05) is 40.5 Å². The van der Waals surface area contributed by atoms with Crippen LogP contribution in [0.1, 0.15) is 10.4 Å². The van der Waals surface area contributed by atoms with Gasteiger partial charge >= 0.3 is 0 Å². The summed E-state index contributed by atoms with van der Waals surface area (Å²) in [6, 6.07) is 9.48. The number of rotatable bonds is 9. The normalized spacial score (nSPS) is 9.62. The van der Waals surface area contributed by atoms with Crippen LogP contribution in [-0.4, -0.2) is 51.4 Å². The van der Waals surface area contributed by atoms with Gasteiger partial charge in [-0.15, -0.1) is 24.8 Å². The van der Waals surface area contributed by atoms with Crippen LogP contribution in [0.25, 0.3) is 11.1 Å². The standard InChI is InChI=1S/C18H23N3O3.2ClH/c1-23-10-9-19-7-8-21-18(22)16-11-15(12-20-13-16)14-3-5-17(24-2)6-4-14;;/h3-6,11-13,19H,7-10H2,1-2H3,(H,21,22);2*1H. The van der Waals surface area contributed by atoms with Gasteiger partial charge in [-0.2, -0.15) is 0 Å². The lowest BCUT2D eigenvalue weighted by Crippen LogP contribution is -2.33. The highest BCUT2D eigenvalue weighted by Crippen LogP contribution is 2.22. The Bertz CT molecular complexity index is 654. The molecule has 0 saturated heterocycles. The van der Waals surface area contributed by atoms with Crippen molar-refractivity contribution in [3.8, 4) is 16.9 Å². The molecule has 0 radical (unpaired) electrons. The Kier molecular flexibility index (Phi) is 12.4. The third kappa shape index (κ3) is 7.58. The van der Waals surface area contributed by atoms with E-state index in [4.69, 9.17) is 9.47 Å². The Balaban J connectivity index is 0.00000312. The molecule has 0 unspecified atom stereocenters. The lowest BCUT2D eigenvalue weighted by molar-refractivity contribution is 0.0953. The first-order valence-electron chi connectivity index (χ1n) is 7.82. The smallest absolute Gasteiger partial charge is 0.252 e. The first-order valence-corrected chi connectivity index (χ1v) is 7.82. The fraction of sp³-hybridized carbons (Fsp3) is 0.333. The van der Waals surface area contributed by atoms with E-state index < -0.39 is 0 Å². The molecule has 0 bridgehead atoms. The Morgan fingerprint density at radius 3 is 2.38 bits per heavy atom. The van der Waals surface area contributed by atoms with Crippen molar-refractivity contribution in [3.63, 3.8) is 0 Å². The molecule has 1 aromatic carbocycles. The number of amides is 1. The predicted molar refractivity (Wildman–Crippen MR) is 108 cm³/mol. The van der Waals surface area contributed by atoms with Crippen LogP contribution < -0.4 is 15.4 Å². The van der Waals surface area contributed by atoms with E-state index in [1.165, 1.54) is 0 Å². The van der Waals surface area contributed by atoms with E-state index in [2.05, 4.69) is 15.6 Å². The molecule has 2 N–H and O–H groups in total. The molecule has 1 aromatic heterocycles. The zero-order chi connectivity index (χ0) is 17.2. The van der Waals surface area contributed by atoms with Gasteiger partial charge in [0, 0.05) is 44.7 Å². The number of pyridine rings is 1. The lowest BCUT2D eigenvalue weighted by atomic mass is 10.1. The second kappa shape index (κ2) is 13.4. The number of methoxy groups -OCH3 is 2. The SMILES string of the molecule is COCCNCCNC(=O)c1cncc(-c2ccc(OC)cc2)c1.Cl.Cl. The van der Waals surface area contributed by atoms with Gasteiger partial charge in [0.2, 0.25) is 0 Å². The van der Waals surface area contributed by atoms with Gasteiger partial charge in [0.15, 0.2) is 0 Å². The van der Waals surface area contributed by atoms with E-state index >= 15 is 0 Å². The van der Waals surface area contributed by atoms with Gasteiger partial charge in [-0.25, -0.2) is 0 Å². The van der Waals surface area contributed by atoms with Gasteiger partial charge < -0.3 is 20.1 Å². The van der Waals surface area contributed by atoms with E-state index in [0.29, 0.717) is 25.3 Å². The summed E-state index contributed by atoms with van der Waals surface area (Å²) in [5, 5.41) is 6.04. The van der Waals surface area contributed by atoms with E-state index in [-0.39, 0.29) is 30.7 Å². The van der Waals surface area contributed by atoms with Crippen molar-refractivity contribution in [1.82, 2.24) is 15.6 Å². The average molecular weight is 402 g/mol. The van der Waals surface area contributed by atoms with Crippen molar-refractivity contribution in [2.45, 2.75) is 0 Å². The minimum atomic E-state index is -0.133. The number of nitrogens with one attached hydrogen (secondary N) is 2. The average Bonchev–Trinajstić information content (AvgIpc) is 2.64. The van der Waals surface area contributed by atoms with E-state index in [0.717, 1.165) is 23.4 Å². The number of benzene rings is 1. The summed E-state index contributed by atoms with van der Waals surface area (Å²) < 4.78 is 10.1. The molecule has 0 aliphatic heterocycles. The van der Waals surface area contributed by atoms with Crippen LogP contribution in [0.2, 0.25) is 0 Å². The zero-order valence-corrected chi connectivity index (χ0v) is 16.5. The number of carbonyl (C=O) groups is 1. The molecule has 0 aliphatic carbocycles. The third-order valence-electron chi connectivity index (χ3n) is 3.49. The quantitative estimate of drug-likeness (QED) is 0.631. The number of halogens is 2. The zero-order valence-electron chi connectivity index (χ0n) is 14.9. The Morgan fingerprint density at radius 1 is 1.00 bits per heavy atom. The highest BCUT2D eigenvalue weighted by atomic mass is 35.5. The van der Waals surface area contributed by atoms with Gasteiger partial charge in [0.1, 0.15) is 5.75 Å². The van der Waals surface area contributed by atoms with Crippen molar-refractivity contribution in [2.24, 2.45) is 0 Å². The number of ether oxygens (including phenoxy) is 2. The molecular weight excluding hydrogens is 377 g/mol. The molecule has 0 spiro atoms. The summed E-state index contributed by atoms with van der Waals surface area (Å²) >= 11 is 0. The molecule has 1 amide bonds. The topological polar surface area (TPSA) is 72.5 Å². The minimum Gasteiger partial charge on any atom is -0.497 e. The molecule has 0 atom stereocenters. The van der Waals surface area contributed by atoms with Gasteiger partial charge in [0.05, 0.1) is 19.3 Å². The molecule has 0 saturated carbocycles. The lowest BCUT2D eigenvalue weighted by Gasteiger charge is -2.08. The van der Waals surface area contributed by atoms with Crippen molar-refractivity contribution < 1.29 is 14.3 Å². The maximum Gasteiger partial charge on any atom is 0.252 e. The van der Waals surface area contributed by atoms with Gasteiger partial charge in [-0.05, 0) is 23.8 Å². The molecular formula is C18H25Cl2N3O3. The number of carbonyl (C=O) groups excluding carboxylic acids is 1. The van der Waals surface area contributed by atoms with Crippen molar-refractivity contribution in [1.29, 1.82) is 0 Å². The third-order valence-corrected chi connectivity index (χ3v) is 3.49. The molecule has 2 aromatic rings. The second-order valence-corrected chi connectivity index (χ2v) is 5.19. The number of nitrogens with zero attached hydrogens (tertiary/aromatic N) is 1. The molecule has 0 fully saturated rings. The van der Waals surface area contributed by atoms with Crippen LogP contribution in [-0.2, 0) is 4.74 Å². The summed E-state index contributed by atoms with van der Waals surface area (Å²) in [4.78, 5) is 16.4. The molecule has 6 nitrogen and oxygen atoms in total. The summed E-state index contributed by atoms with van der Waals surface area (Å²) in [6.45, 7) is 2.67. The predicted octanol–water partition coefficient (Wildman–Crippen LogP) is 2.57. The largest absolute Gasteiger partial charge is 0.497 e. The number of hydrogen-bond donors (Lipinski definition) is 2. The molecule has 1 heterocycles. The van der Waals surface area contributed by atoms with Crippen LogP contribution in [0.15, 0.2) is 42.7 Å². The summed E-state index contributed by atoms with van der Waals surface area (Å²) in [5.74, 6) is 0.660. The maximum atomic E-state index is 12.2. The fourth-order valence-corrected chi connectivity index (χ4v) is 2.17. The molecule has 26 heavy (non-hydrogen) atoms. The van der Waals surface area contributed by atoms with Crippen molar-refractivity contribution in [3.05, 3.63) is 48.3 Å². The van der Waals surface area contributed by atoms with E-state index in [1.807, 2.05) is 30.3 Å². The Hall–Kier alpha value is -1.86. The molecule has 144 valence electrons. The first-order chi connectivity index (χ1) is 11.7. The second-order valence-electron chi connectivity index (χ2n) is 5.19. The minimum absolute atomic E-state index is 0. The highest BCUT2D eigenvalue weighted by molar-refractivity contribution is 5.95.